The number of ether oxygens (including phenoxy) is 2. The summed E-state index contributed by atoms with van der Waals surface area (Å²) in [6.07, 6.45) is -0.138. The Bertz CT molecular complexity index is 1110. The van der Waals surface area contributed by atoms with Gasteiger partial charge in [-0.3, -0.25) is 9.69 Å². The van der Waals surface area contributed by atoms with Gasteiger partial charge < -0.3 is 13.9 Å². The van der Waals surface area contributed by atoms with E-state index in [0.29, 0.717) is 23.6 Å². The van der Waals surface area contributed by atoms with Gasteiger partial charge in [-0.25, -0.2) is 4.98 Å². The van der Waals surface area contributed by atoms with E-state index in [4.69, 9.17) is 13.9 Å². The molecule has 2 heterocycles. The van der Waals surface area contributed by atoms with Crippen LogP contribution < -0.4 is 4.74 Å². The number of alkyl halides is 3. The Balaban J connectivity index is 1.37. The second kappa shape index (κ2) is 10.3. The Kier molecular flexibility index (Phi) is 7.21. The number of methoxy groups -OCH3 is 1. The number of benzene rings is 2. The highest BCUT2D eigenvalue weighted by atomic mass is 19.4. The van der Waals surface area contributed by atoms with Crippen LogP contribution in [0.3, 0.4) is 0 Å². The average Bonchev–Trinajstić information content (AvgIpc) is 3.32. The van der Waals surface area contributed by atoms with Crippen molar-refractivity contribution in [1.29, 1.82) is 0 Å². The summed E-state index contributed by atoms with van der Waals surface area (Å²) in [6.45, 7) is 1.58. The van der Waals surface area contributed by atoms with E-state index in [9.17, 15) is 18.0 Å². The monoisotopic (exact) mass is 474 g/mol. The fourth-order valence-electron chi connectivity index (χ4n) is 4.02. The van der Waals surface area contributed by atoms with E-state index in [0.717, 1.165) is 43.5 Å². The number of piperidine rings is 1. The topological polar surface area (TPSA) is 64.8 Å². The van der Waals surface area contributed by atoms with Gasteiger partial charge in [-0.15, -0.1) is 0 Å². The first-order valence-electron chi connectivity index (χ1n) is 11.0. The normalized spacial score (nSPS) is 16.9. The number of oxazole rings is 1. The molecule has 0 amide bonds. The van der Waals surface area contributed by atoms with Crippen molar-refractivity contribution in [3.8, 4) is 17.2 Å². The van der Waals surface area contributed by atoms with Gasteiger partial charge in [0, 0.05) is 12.1 Å². The van der Waals surface area contributed by atoms with E-state index < -0.39 is 11.7 Å². The van der Waals surface area contributed by atoms with Crippen LogP contribution in [0.15, 0.2) is 59.2 Å². The van der Waals surface area contributed by atoms with Gasteiger partial charge in [-0.05, 0) is 61.3 Å². The number of carbonyl (C=O) groups is 1. The van der Waals surface area contributed by atoms with E-state index in [2.05, 4.69) is 9.88 Å². The third-order valence-corrected chi connectivity index (χ3v) is 5.77. The molecule has 1 saturated heterocycles. The highest BCUT2D eigenvalue weighted by molar-refractivity contribution is 5.75. The molecule has 3 aromatic rings. The first-order chi connectivity index (χ1) is 16.3. The lowest BCUT2D eigenvalue weighted by Gasteiger charge is -2.33. The van der Waals surface area contributed by atoms with Crippen molar-refractivity contribution in [3.05, 3.63) is 71.6 Å². The molecule has 1 aliphatic rings. The molecule has 1 aromatic heterocycles. The Morgan fingerprint density at radius 3 is 2.71 bits per heavy atom. The van der Waals surface area contributed by atoms with Crippen LogP contribution in [-0.4, -0.2) is 35.5 Å². The first kappa shape index (κ1) is 23.8. The number of likely N-dealkylation sites (tertiary alicyclic amines) is 1. The summed E-state index contributed by atoms with van der Waals surface area (Å²) < 4.78 is 54.4. The van der Waals surface area contributed by atoms with Gasteiger partial charge in [0.05, 0.1) is 12.7 Å². The van der Waals surface area contributed by atoms with Gasteiger partial charge in [0.2, 0.25) is 5.89 Å². The maximum Gasteiger partial charge on any atom is 0.416 e. The number of halogens is 3. The summed E-state index contributed by atoms with van der Waals surface area (Å²) in [6, 6.07) is 12.0. The van der Waals surface area contributed by atoms with Gasteiger partial charge in [0.1, 0.15) is 30.4 Å². The molecule has 34 heavy (non-hydrogen) atoms. The van der Waals surface area contributed by atoms with Gasteiger partial charge in [-0.2, -0.15) is 13.2 Å². The quantitative estimate of drug-likeness (QED) is 0.424. The molecule has 1 fully saturated rings. The summed E-state index contributed by atoms with van der Waals surface area (Å²) in [7, 11) is 1.41. The number of hydrogen-bond donors (Lipinski definition) is 0. The molecule has 0 saturated carbocycles. The molecule has 1 aliphatic heterocycles. The van der Waals surface area contributed by atoms with E-state index in [1.165, 1.54) is 25.5 Å². The fourth-order valence-corrected chi connectivity index (χ4v) is 4.02. The third kappa shape index (κ3) is 5.77. The lowest BCUT2D eigenvalue weighted by atomic mass is 10.0. The minimum absolute atomic E-state index is 0.141. The van der Waals surface area contributed by atoms with Crippen LogP contribution in [0.25, 0.3) is 11.5 Å². The minimum atomic E-state index is -4.39. The van der Waals surface area contributed by atoms with Crippen molar-refractivity contribution in [3.63, 3.8) is 0 Å². The number of aromatic nitrogens is 1. The van der Waals surface area contributed by atoms with Crippen LogP contribution in [-0.2, 0) is 28.9 Å². The second-order valence-corrected chi connectivity index (χ2v) is 8.16. The van der Waals surface area contributed by atoms with Crippen LogP contribution in [0, 0.1) is 0 Å². The van der Waals surface area contributed by atoms with Crippen LogP contribution in [0.2, 0.25) is 0 Å². The van der Waals surface area contributed by atoms with Crippen molar-refractivity contribution in [2.24, 2.45) is 0 Å². The largest absolute Gasteiger partial charge is 0.487 e. The SMILES string of the molecule is COC(=O)C1CCCCN1Cc1cccc(OCc2coc(-c3ccc(C(F)(F)F)cc3)n2)c1. The Labute approximate surface area is 195 Å². The van der Waals surface area contributed by atoms with Crippen molar-refractivity contribution in [2.75, 3.05) is 13.7 Å². The summed E-state index contributed by atoms with van der Waals surface area (Å²) in [5.74, 6) is 0.658. The predicted molar refractivity (Wildman–Crippen MR) is 118 cm³/mol. The zero-order chi connectivity index (χ0) is 24.1. The molecule has 0 bridgehead atoms. The Morgan fingerprint density at radius 2 is 1.97 bits per heavy atom. The maximum atomic E-state index is 12.7. The smallest absolute Gasteiger partial charge is 0.416 e. The first-order valence-corrected chi connectivity index (χ1v) is 11.0. The lowest BCUT2D eigenvalue weighted by Crippen LogP contribution is -2.44. The zero-order valence-corrected chi connectivity index (χ0v) is 18.7. The molecule has 180 valence electrons. The number of hydrogen-bond acceptors (Lipinski definition) is 6. The van der Waals surface area contributed by atoms with E-state index in [-0.39, 0.29) is 24.5 Å². The molecule has 1 atom stereocenters. The van der Waals surface area contributed by atoms with Gasteiger partial charge in [-0.1, -0.05) is 18.6 Å². The van der Waals surface area contributed by atoms with Crippen molar-refractivity contribution < 1.29 is 31.9 Å². The van der Waals surface area contributed by atoms with E-state index in [1.807, 2.05) is 24.3 Å². The van der Waals surface area contributed by atoms with Crippen LogP contribution in [0.1, 0.15) is 36.1 Å². The number of rotatable bonds is 7. The molecule has 0 radical (unpaired) electrons. The summed E-state index contributed by atoms with van der Waals surface area (Å²) >= 11 is 0. The zero-order valence-electron chi connectivity index (χ0n) is 18.7. The van der Waals surface area contributed by atoms with Gasteiger partial charge in [0.15, 0.2) is 0 Å². The molecular formula is C25H25F3N2O4. The fraction of sp³-hybridized carbons (Fsp3) is 0.360. The minimum Gasteiger partial charge on any atom is -0.487 e. The molecule has 4 rings (SSSR count). The highest BCUT2D eigenvalue weighted by Crippen LogP contribution is 2.31. The molecule has 2 aromatic carbocycles. The predicted octanol–water partition coefficient (Wildman–Crippen LogP) is 5.47. The molecule has 6 nitrogen and oxygen atoms in total. The van der Waals surface area contributed by atoms with Crippen molar-refractivity contribution in [1.82, 2.24) is 9.88 Å². The number of carbonyl (C=O) groups excluding carboxylic acids is 1. The van der Waals surface area contributed by atoms with E-state index in [1.54, 1.807) is 0 Å². The summed E-state index contributed by atoms with van der Waals surface area (Å²) in [5.41, 5.74) is 1.25. The van der Waals surface area contributed by atoms with E-state index >= 15 is 0 Å². The molecule has 9 heteroatoms. The van der Waals surface area contributed by atoms with Crippen molar-refractivity contribution in [2.45, 2.75) is 44.6 Å². The van der Waals surface area contributed by atoms with Crippen LogP contribution in [0.4, 0.5) is 13.2 Å². The Morgan fingerprint density at radius 1 is 1.18 bits per heavy atom. The van der Waals surface area contributed by atoms with Crippen molar-refractivity contribution >= 4 is 5.97 Å². The third-order valence-electron chi connectivity index (χ3n) is 5.77. The summed E-state index contributed by atoms with van der Waals surface area (Å²) in [4.78, 5) is 18.5. The standard InChI is InChI=1S/C25H25F3N2O4/c1-32-24(31)22-7-2-3-12-30(22)14-17-5-4-6-21(13-17)33-15-20-16-34-23(29-20)18-8-10-19(11-9-18)25(26,27)28/h4-6,8-11,13,16,22H,2-3,7,12,14-15H2,1H3. The molecular weight excluding hydrogens is 449 g/mol. The molecule has 0 spiro atoms. The van der Waals surface area contributed by atoms with Gasteiger partial charge >= 0.3 is 12.1 Å². The number of nitrogens with zero attached hydrogens (tertiary/aromatic N) is 2. The van der Waals surface area contributed by atoms with Gasteiger partial charge in [0.25, 0.3) is 0 Å². The second-order valence-electron chi connectivity index (χ2n) is 8.16. The maximum absolute atomic E-state index is 12.7. The number of esters is 1. The molecule has 1 unspecified atom stereocenters. The summed E-state index contributed by atoms with van der Waals surface area (Å²) in [5, 5.41) is 0. The molecule has 0 N–H and O–H groups in total. The lowest BCUT2D eigenvalue weighted by molar-refractivity contribution is -0.148. The Hall–Kier alpha value is -3.33. The average molecular weight is 474 g/mol. The highest BCUT2D eigenvalue weighted by Gasteiger charge is 2.30. The van der Waals surface area contributed by atoms with Crippen LogP contribution in [0.5, 0.6) is 5.75 Å². The molecule has 0 aliphatic carbocycles. The van der Waals surface area contributed by atoms with Crippen LogP contribution >= 0.6 is 0 Å².